The summed E-state index contributed by atoms with van der Waals surface area (Å²) in [5.41, 5.74) is 0. The zero-order valence-corrected chi connectivity index (χ0v) is 9.26. The van der Waals surface area contributed by atoms with E-state index < -0.39 is 5.97 Å². The summed E-state index contributed by atoms with van der Waals surface area (Å²) >= 11 is 2.70. The Kier molecular flexibility index (Phi) is 2.74. The number of furan rings is 1. The molecule has 0 aromatic carbocycles. The lowest BCUT2D eigenvalue weighted by molar-refractivity contribution is 0.0656. The van der Waals surface area contributed by atoms with Crippen LogP contribution in [0.5, 0.6) is 0 Å². The van der Waals surface area contributed by atoms with Crippen LogP contribution >= 0.6 is 23.1 Å². The molecule has 0 bridgehead atoms. The van der Waals surface area contributed by atoms with Gasteiger partial charge < -0.3 is 9.52 Å². The normalized spacial score (nSPS) is 10.5. The molecule has 1 N–H and O–H groups in total. The van der Waals surface area contributed by atoms with Gasteiger partial charge in [0.25, 0.3) is 0 Å². The minimum Gasteiger partial charge on any atom is -0.475 e. The highest BCUT2D eigenvalue weighted by atomic mass is 32.2. The molecule has 7 heteroatoms. The number of carboxylic acids is 1. The highest BCUT2D eigenvalue weighted by Crippen LogP contribution is 2.31. The van der Waals surface area contributed by atoms with E-state index in [1.807, 2.05) is 6.92 Å². The van der Waals surface area contributed by atoms with Crippen LogP contribution in [0, 0.1) is 6.92 Å². The molecule has 2 rings (SSSR count). The van der Waals surface area contributed by atoms with Gasteiger partial charge in [0.1, 0.15) is 5.01 Å². The number of hydrogen-bond acceptors (Lipinski definition) is 6. The third kappa shape index (κ3) is 2.37. The first-order valence-corrected chi connectivity index (χ1v) is 5.59. The molecule has 0 saturated heterocycles. The Morgan fingerprint density at radius 1 is 1.53 bits per heavy atom. The van der Waals surface area contributed by atoms with E-state index >= 15 is 0 Å². The highest BCUT2D eigenvalue weighted by Gasteiger charge is 2.11. The molecule has 2 aromatic rings. The number of aromatic carboxylic acids is 1. The molecule has 78 valence electrons. The van der Waals surface area contributed by atoms with Gasteiger partial charge in [0, 0.05) is 0 Å². The Hall–Kier alpha value is -1.34. The number of hydrogen-bond donors (Lipinski definition) is 1. The third-order valence-corrected chi connectivity index (χ3v) is 3.30. The van der Waals surface area contributed by atoms with E-state index in [9.17, 15) is 4.79 Å². The van der Waals surface area contributed by atoms with E-state index in [4.69, 9.17) is 9.52 Å². The summed E-state index contributed by atoms with van der Waals surface area (Å²) in [5, 5.41) is 17.7. The molecule has 15 heavy (non-hydrogen) atoms. The maximum absolute atomic E-state index is 10.5. The maximum atomic E-state index is 10.5. The van der Waals surface area contributed by atoms with Gasteiger partial charge >= 0.3 is 5.97 Å². The second-order valence-electron chi connectivity index (χ2n) is 2.61. The van der Waals surface area contributed by atoms with Crippen molar-refractivity contribution in [3.05, 3.63) is 22.9 Å². The van der Waals surface area contributed by atoms with E-state index in [1.165, 1.54) is 29.2 Å². The molecule has 2 heterocycles. The molecule has 2 aromatic heterocycles. The summed E-state index contributed by atoms with van der Waals surface area (Å²) in [6.07, 6.45) is 0. The van der Waals surface area contributed by atoms with Crippen molar-refractivity contribution in [3.8, 4) is 0 Å². The number of carbonyl (C=O) groups is 1. The molecule has 0 radical (unpaired) electrons. The van der Waals surface area contributed by atoms with Gasteiger partial charge in [-0.25, -0.2) is 4.79 Å². The minimum absolute atomic E-state index is 0.0706. The van der Waals surface area contributed by atoms with Crippen molar-refractivity contribution in [2.24, 2.45) is 0 Å². The number of aromatic nitrogens is 2. The molecular formula is C8H6N2O3S2. The Morgan fingerprint density at radius 3 is 2.87 bits per heavy atom. The van der Waals surface area contributed by atoms with E-state index in [0.29, 0.717) is 5.09 Å². The number of carboxylic acid groups (broad SMARTS) is 1. The van der Waals surface area contributed by atoms with Gasteiger partial charge in [-0.3, -0.25) is 0 Å². The van der Waals surface area contributed by atoms with Gasteiger partial charge in [-0.1, -0.05) is 11.3 Å². The summed E-state index contributed by atoms with van der Waals surface area (Å²) in [6.45, 7) is 1.85. The Balaban J connectivity index is 2.14. The quantitative estimate of drug-likeness (QED) is 0.889. The SMILES string of the molecule is Cc1nnc(Sc2ccc(C(=O)O)o2)s1. The van der Waals surface area contributed by atoms with Gasteiger partial charge in [0.2, 0.25) is 5.76 Å². The lowest BCUT2D eigenvalue weighted by atomic mass is 10.5. The van der Waals surface area contributed by atoms with Crippen LogP contribution in [-0.2, 0) is 0 Å². The van der Waals surface area contributed by atoms with Crippen molar-refractivity contribution in [1.82, 2.24) is 10.2 Å². The predicted octanol–water partition coefficient (Wildman–Crippen LogP) is 2.29. The van der Waals surface area contributed by atoms with Crippen molar-refractivity contribution in [3.63, 3.8) is 0 Å². The second-order valence-corrected chi connectivity index (χ2v) is 5.05. The average molecular weight is 242 g/mol. The van der Waals surface area contributed by atoms with Crippen LogP contribution in [-0.4, -0.2) is 21.3 Å². The van der Waals surface area contributed by atoms with Crippen LogP contribution in [0.3, 0.4) is 0 Å². The molecule has 5 nitrogen and oxygen atoms in total. The van der Waals surface area contributed by atoms with Crippen molar-refractivity contribution in [2.75, 3.05) is 0 Å². The number of nitrogens with zero attached hydrogens (tertiary/aromatic N) is 2. The molecule has 0 fully saturated rings. The molecule has 0 amide bonds. The molecule has 0 saturated carbocycles. The molecular weight excluding hydrogens is 236 g/mol. The van der Waals surface area contributed by atoms with Crippen molar-refractivity contribution >= 4 is 29.1 Å². The monoisotopic (exact) mass is 242 g/mol. The lowest BCUT2D eigenvalue weighted by Crippen LogP contribution is -1.91. The smallest absolute Gasteiger partial charge is 0.371 e. The Bertz CT molecular complexity index is 492. The highest BCUT2D eigenvalue weighted by molar-refractivity contribution is 8.00. The van der Waals surface area contributed by atoms with E-state index in [-0.39, 0.29) is 5.76 Å². The van der Waals surface area contributed by atoms with Crippen LogP contribution in [0.1, 0.15) is 15.6 Å². The summed E-state index contributed by atoms with van der Waals surface area (Å²) in [4.78, 5) is 10.5. The van der Waals surface area contributed by atoms with Gasteiger partial charge in [-0.15, -0.1) is 10.2 Å². The third-order valence-electron chi connectivity index (χ3n) is 1.49. The lowest BCUT2D eigenvalue weighted by Gasteiger charge is -1.89. The molecule has 0 atom stereocenters. The standard InChI is InChI=1S/C8H6N2O3S2/c1-4-9-10-8(14-4)15-6-3-2-5(13-6)7(11)12/h2-3H,1H3,(H,11,12). The molecule has 0 aliphatic heterocycles. The van der Waals surface area contributed by atoms with Crippen LogP contribution in [0.2, 0.25) is 0 Å². The fourth-order valence-corrected chi connectivity index (χ4v) is 2.61. The predicted molar refractivity (Wildman–Crippen MR) is 54.4 cm³/mol. The zero-order chi connectivity index (χ0) is 10.8. The molecule has 0 spiro atoms. The van der Waals surface area contributed by atoms with Gasteiger partial charge in [0.15, 0.2) is 9.43 Å². The second kappa shape index (κ2) is 4.03. The van der Waals surface area contributed by atoms with Crippen LogP contribution < -0.4 is 0 Å². The van der Waals surface area contributed by atoms with E-state index in [2.05, 4.69) is 10.2 Å². The number of rotatable bonds is 3. The summed E-state index contributed by atoms with van der Waals surface area (Å²) in [7, 11) is 0. The topological polar surface area (TPSA) is 76.2 Å². The van der Waals surface area contributed by atoms with Gasteiger partial charge in [-0.05, 0) is 30.8 Å². The molecule has 0 aliphatic carbocycles. The Labute approximate surface area is 93.1 Å². The van der Waals surface area contributed by atoms with Gasteiger partial charge in [0.05, 0.1) is 0 Å². The molecule has 0 unspecified atom stereocenters. The van der Waals surface area contributed by atoms with E-state index in [1.54, 1.807) is 6.07 Å². The molecule has 0 aliphatic rings. The fraction of sp³-hybridized carbons (Fsp3) is 0.125. The first-order valence-electron chi connectivity index (χ1n) is 3.96. The van der Waals surface area contributed by atoms with Crippen molar-refractivity contribution < 1.29 is 14.3 Å². The van der Waals surface area contributed by atoms with Crippen LogP contribution in [0.15, 0.2) is 26.0 Å². The first-order chi connectivity index (χ1) is 7.15. The van der Waals surface area contributed by atoms with Crippen molar-refractivity contribution in [1.29, 1.82) is 0 Å². The number of aryl methyl sites for hydroxylation is 1. The maximum Gasteiger partial charge on any atom is 0.371 e. The van der Waals surface area contributed by atoms with E-state index in [0.717, 1.165) is 9.35 Å². The first kappa shape index (κ1) is 10.2. The summed E-state index contributed by atoms with van der Waals surface area (Å²) < 4.78 is 5.80. The van der Waals surface area contributed by atoms with Gasteiger partial charge in [-0.2, -0.15) is 0 Å². The Morgan fingerprint density at radius 2 is 2.33 bits per heavy atom. The van der Waals surface area contributed by atoms with Crippen LogP contribution in [0.4, 0.5) is 0 Å². The largest absolute Gasteiger partial charge is 0.475 e. The minimum atomic E-state index is -1.07. The summed E-state index contributed by atoms with van der Waals surface area (Å²) in [6, 6.07) is 3.02. The van der Waals surface area contributed by atoms with Crippen LogP contribution in [0.25, 0.3) is 0 Å². The fourth-order valence-electron chi connectivity index (χ4n) is 0.896. The summed E-state index contributed by atoms with van der Waals surface area (Å²) in [5.74, 6) is -1.14. The average Bonchev–Trinajstić information content (AvgIpc) is 2.76. The van der Waals surface area contributed by atoms with Crippen molar-refractivity contribution in [2.45, 2.75) is 16.4 Å². The zero-order valence-electron chi connectivity index (χ0n) is 7.63.